The highest BCUT2D eigenvalue weighted by Crippen LogP contribution is 2.38. The smallest absolute Gasteiger partial charge is 0.321 e. The Kier molecular flexibility index (Phi) is 6.21. The Morgan fingerprint density at radius 3 is 2.34 bits per heavy atom. The molecule has 3 heterocycles. The van der Waals surface area contributed by atoms with Crippen molar-refractivity contribution >= 4 is 10.9 Å². The van der Waals surface area contributed by atoms with Crippen molar-refractivity contribution in [2.45, 2.75) is 12.7 Å². The minimum absolute atomic E-state index is 0.134. The summed E-state index contributed by atoms with van der Waals surface area (Å²) in [6, 6.07) is 20.2. The number of halogens is 3. The molecule has 3 aromatic carbocycles. The first-order valence-electron chi connectivity index (χ1n) is 12.7. The van der Waals surface area contributed by atoms with E-state index in [9.17, 15) is 18.0 Å². The summed E-state index contributed by atoms with van der Waals surface area (Å²) in [6.07, 6.45) is 1.33. The first-order chi connectivity index (χ1) is 19.6. The molecule has 3 aromatic heterocycles. The van der Waals surface area contributed by atoms with Crippen LogP contribution in [0.5, 0.6) is 0 Å². The number of rotatable bonds is 5. The fourth-order valence-corrected chi connectivity index (χ4v) is 5.05. The summed E-state index contributed by atoms with van der Waals surface area (Å²) in [5.74, 6) is 0. The van der Waals surface area contributed by atoms with Crippen molar-refractivity contribution in [3.05, 3.63) is 119 Å². The molecule has 206 valence electrons. The third-order valence-corrected chi connectivity index (χ3v) is 6.99. The highest BCUT2D eigenvalue weighted by Gasteiger charge is 2.38. The standard InChI is InChI=1S/C30H24F3N7O/c1-37-12-13-39(29(37)34)16-19-14-22(24-17-38(2)36-27(24)30(31,32)33)26-23(15-19)28(41)40(18-35-26)25-11-7-6-10-21(25)20-8-4-3-5-9-20/h3-15,17-18,34H,16H2,1-2H3. The Bertz CT molecular complexity index is 2030. The van der Waals surface area contributed by atoms with Gasteiger partial charge in [-0.25, -0.2) is 4.98 Å². The Hall–Kier alpha value is -5.19. The highest BCUT2D eigenvalue weighted by molar-refractivity contribution is 5.94. The normalized spacial score (nSPS) is 11.8. The van der Waals surface area contributed by atoms with Crippen molar-refractivity contribution in [2.75, 3.05) is 0 Å². The van der Waals surface area contributed by atoms with Gasteiger partial charge in [0, 0.05) is 49.4 Å². The van der Waals surface area contributed by atoms with Gasteiger partial charge in [0.25, 0.3) is 5.56 Å². The number of imidazole rings is 1. The Balaban J connectivity index is 1.63. The van der Waals surface area contributed by atoms with Crippen molar-refractivity contribution in [3.8, 4) is 27.9 Å². The van der Waals surface area contributed by atoms with Crippen molar-refractivity contribution in [2.24, 2.45) is 14.1 Å². The van der Waals surface area contributed by atoms with Crippen LogP contribution in [0.2, 0.25) is 0 Å². The number of fused-ring (bicyclic) bond motifs is 1. The second kappa shape index (κ2) is 9.77. The molecule has 0 amide bonds. The van der Waals surface area contributed by atoms with Crippen LogP contribution in [0.3, 0.4) is 0 Å². The molecule has 6 rings (SSSR count). The number of para-hydroxylation sites is 1. The quantitative estimate of drug-likeness (QED) is 0.320. The molecular weight excluding hydrogens is 531 g/mol. The van der Waals surface area contributed by atoms with Crippen LogP contribution in [0.4, 0.5) is 13.2 Å². The molecule has 0 radical (unpaired) electrons. The SMILES string of the molecule is Cn1cc(-c2cc(Cn3ccn(C)c3=N)cc3c(=O)n(-c4ccccc4-c4ccccc4)cnc23)c(C(F)(F)F)n1. The van der Waals surface area contributed by atoms with Crippen LogP contribution in [-0.4, -0.2) is 28.5 Å². The van der Waals surface area contributed by atoms with Gasteiger partial charge in [-0.05, 0) is 29.3 Å². The summed E-state index contributed by atoms with van der Waals surface area (Å²) in [4.78, 5) is 18.6. The van der Waals surface area contributed by atoms with Crippen LogP contribution < -0.4 is 11.2 Å². The maximum atomic E-state index is 14.1. The first kappa shape index (κ1) is 26.1. The van der Waals surface area contributed by atoms with Gasteiger partial charge in [-0.15, -0.1) is 0 Å². The van der Waals surface area contributed by atoms with E-state index in [4.69, 9.17) is 5.41 Å². The number of hydrogen-bond donors (Lipinski definition) is 1. The van der Waals surface area contributed by atoms with E-state index in [1.165, 1.54) is 24.1 Å². The molecule has 0 spiro atoms. The third-order valence-electron chi connectivity index (χ3n) is 6.99. The predicted molar refractivity (Wildman–Crippen MR) is 148 cm³/mol. The van der Waals surface area contributed by atoms with E-state index in [-0.39, 0.29) is 34.2 Å². The Morgan fingerprint density at radius 1 is 0.902 bits per heavy atom. The van der Waals surface area contributed by atoms with Gasteiger partial charge in [-0.1, -0.05) is 48.5 Å². The summed E-state index contributed by atoms with van der Waals surface area (Å²) in [6.45, 7) is 0.166. The minimum Gasteiger partial charge on any atom is -0.321 e. The summed E-state index contributed by atoms with van der Waals surface area (Å²) in [5.41, 5.74) is 1.65. The molecule has 0 aliphatic rings. The zero-order valence-corrected chi connectivity index (χ0v) is 22.1. The molecule has 0 aliphatic carbocycles. The number of nitrogens with zero attached hydrogens (tertiary/aromatic N) is 6. The second-order valence-corrected chi connectivity index (χ2v) is 9.77. The van der Waals surface area contributed by atoms with Crippen molar-refractivity contribution < 1.29 is 13.2 Å². The predicted octanol–water partition coefficient (Wildman–Crippen LogP) is 5.14. The molecule has 6 aromatic rings. The lowest BCUT2D eigenvalue weighted by Crippen LogP contribution is -2.23. The van der Waals surface area contributed by atoms with Gasteiger partial charge in [-0.3, -0.25) is 19.5 Å². The molecule has 0 atom stereocenters. The summed E-state index contributed by atoms with van der Waals surface area (Å²) >= 11 is 0. The average molecular weight is 556 g/mol. The molecule has 0 saturated carbocycles. The van der Waals surface area contributed by atoms with E-state index in [1.54, 1.807) is 46.8 Å². The number of aromatic nitrogens is 6. The number of hydrogen-bond acceptors (Lipinski definition) is 4. The first-order valence-corrected chi connectivity index (χ1v) is 12.7. The van der Waals surface area contributed by atoms with Gasteiger partial charge >= 0.3 is 6.18 Å². The fourth-order valence-electron chi connectivity index (χ4n) is 5.05. The van der Waals surface area contributed by atoms with Crippen molar-refractivity contribution in [1.82, 2.24) is 28.5 Å². The van der Waals surface area contributed by atoms with Crippen LogP contribution in [0.15, 0.2) is 96.4 Å². The molecule has 41 heavy (non-hydrogen) atoms. The average Bonchev–Trinajstić information content (AvgIpc) is 3.51. The van der Waals surface area contributed by atoms with Crippen LogP contribution in [-0.2, 0) is 26.8 Å². The maximum absolute atomic E-state index is 14.1. The summed E-state index contributed by atoms with van der Waals surface area (Å²) in [5, 5.41) is 12.1. The van der Waals surface area contributed by atoms with Gasteiger partial charge in [-0.2, -0.15) is 18.3 Å². The second-order valence-electron chi connectivity index (χ2n) is 9.77. The van der Waals surface area contributed by atoms with E-state index in [0.29, 0.717) is 11.3 Å². The van der Waals surface area contributed by atoms with Crippen molar-refractivity contribution in [3.63, 3.8) is 0 Å². The minimum atomic E-state index is -4.72. The molecule has 8 nitrogen and oxygen atoms in total. The van der Waals surface area contributed by atoms with Crippen molar-refractivity contribution in [1.29, 1.82) is 5.41 Å². The summed E-state index contributed by atoms with van der Waals surface area (Å²) < 4.78 is 47.8. The molecule has 1 N–H and O–H groups in total. The van der Waals surface area contributed by atoms with Gasteiger partial charge < -0.3 is 9.13 Å². The van der Waals surface area contributed by atoms with Crippen LogP contribution in [0, 0.1) is 5.41 Å². The lowest BCUT2D eigenvalue weighted by Gasteiger charge is -2.15. The Labute approximate surface area is 231 Å². The third kappa shape index (κ3) is 4.65. The number of benzene rings is 3. The summed E-state index contributed by atoms with van der Waals surface area (Å²) in [7, 11) is 3.14. The molecule has 0 fully saturated rings. The monoisotopic (exact) mass is 555 g/mol. The zero-order valence-electron chi connectivity index (χ0n) is 22.1. The van der Waals surface area contributed by atoms with E-state index >= 15 is 0 Å². The fraction of sp³-hybridized carbons (Fsp3) is 0.133. The largest absolute Gasteiger partial charge is 0.435 e. The Morgan fingerprint density at radius 2 is 1.63 bits per heavy atom. The topological polar surface area (TPSA) is 86.4 Å². The lowest BCUT2D eigenvalue weighted by atomic mass is 9.99. The van der Waals surface area contributed by atoms with Gasteiger partial charge in [0.15, 0.2) is 5.69 Å². The molecular formula is C30H24F3N7O. The lowest BCUT2D eigenvalue weighted by molar-refractivity contribution is -0.140. The van der Waals surface area contributed by atoms with Gasteiger partial charge in [0.1, 0.15) is 6.33 Å². The maximum Gasteiger partial charge on any atom is 0.435 e. The molecule has 0 saturated heterocycles. The van der Waals surface area contributed by atoms with Gasteiger partial charge in [0.2, 0.25) is 5.62 Å². The van der Waals surface area contributed by atoms with Crippen LogP contribution in [0.1, 0.15) is 11.3 Å². The number of alkyl halides is 3. The molecule has 0 aliphatic heterocycles. The van der Waals surface area contributed by atoms with E-state index in [0.717, 1.165) is 15.8 Å². The zero-order chi connectivity index (χ0) is 28.9. The van der Waals surface area contributed by atoms with Crippen LogP contribution >= 0.6 is 0 Å². The molecule has 0 bridgehead atoms. The molecule has 11 heteroatoms. The van der Waals surface area contributed by atoms with Gasteiger partial charge in [0.05, 0.1) is 23.1 Å². The highest BCUT2D eigenvalue weighted by atomic mass is 19.4. The van der Waals surface area contributed by atoms with E-state index in [1.807, 2.05) is 48.5 Å². The van der Waals surface area contributed by atoms with E-state index < -0.39 is 17.4 Å². The van der Waals surface area contributed by atoms with Crippen LogP contribution in [0.25, 0.3) is 38.8 Å². The van der Waals surface area contributed by atoms with E-state index in [2.05, 4.69) is 10.1 Å². The molecule has 0 unspecified atom stereocenters. The number of aryl methyl sites for hydroxylation is 2. The number of nitrogens with one attached hydrogen (secondary N) is 1.